The minimum atomic E-state index is -0.810. The first-order chi connectivity index (χ1) is 31.0. The van der Waals surface area contributed by atoms with Crippen LogP contribution in [0.5, 0.6) is 0 Å². The molecule has 6 heteroatoms. The molecule has 0 rings (SSSR count). The topological polar surface area (TPSA) is 78.9 Å². The van der Waals surface area contributed by atoms with Crippen LogP contribution in [0.3, 0.4) is 0 Å². The van der Waals surface area contributed by atoms with Crippen molar-refractivity contribution in [2.45, 2.75) is 194 Å². The lowest BCUT2D eigenvalue weighted by Gasteiger charge is -2.18. The van der Waals surface area contributed by atoms with Crippen LogP contribution >= 0.6 is 0 Å². The molecule has 0 aliphatic heterocycles. The maximum Gasteiger partial charge on any atom is 0.306 e. The Bertz CT molecular complexity index is 1420. The van der Waals surface area contributed by atoms with Crippen molar-refractivity contribution in [3.05, 3.63) is 134 Å². The zero-order valence-corrected chi connectivity index (χ0v) is 40.0. The van der Waals surface area contributed by atoms with E-state index in [1.807, 2.05) is 48.6 Å². The Morgan fingerprint density at radius 3 is 0.889 bits per heavy atom. The fourth-order valence-corrected chi connectivity index (χ4v) is 6.23. The van der Waals surface area contributed by atoms with Gasteiger partial charge >= 0.3 is 17.9 Å². The first kappa shape index (κ1) is 58.6. The number of hydrogen-bond donors (Lipinski definition) is 0. The molecule has 0 aromatic carbocycles. The largest absolute Gasteiger partial charge is 0.462 e. The van der Waals surface area contributed by atoms with Gasteiger partial charge in [0.25, 0.3) is 0 Å². The number of esters is 3. The predicted molar refractivity (Wildman–Crippen MR) is 269 cm³/mol. The van der Waals surface area contributed by atoms with Gasteiger partial charge in [-0.05, 0) is 77.0 Å². The van der Waals surface area contributed by atoms with Crippen molar-refractivity contribution < 1.29 is 28.6 Å². The van der Waals surface area contributed by atoms with Crippen LogP contribution in [-0.4, -0.2) is 37.2 Å². The second-order valence-electron chi connectivity index (χ2n) is 15.8. The lowest BCUT2D eigenvalue weighted by Crippen LogP contribution is -2.30. The van der Waals surface area contributed by atoms with Crippen LogP contribution in [0.2, 0.25) is 0 Å². The van der Waals surface area contributed by atoms with Crippen molar-refractivity contribution in [2.75, 3.05) is 13.2 Å². The molecular weight excluding hydrogens is 781 g/mol. The van der Waals surface area contributed by atoms with E-state index in [2.05, 4.69) is 106 Å². The molecule has 6 nitrogen and oxygen atoms in total. The Balaban J connectivity index is 4.53. The second kappa shape index (κ2) is 50.2. The molecule has 0 N–H and O–H groups in total. The number of allylic oxidation sites excluding steroid dienone is 22. The number of carbonyl (C=O) groups is 3. The maximum atomic E-state index is 12.8. The quantitative estimate of drug-likeness (QED) is 0.0263. The Morgan fingerprint density at radius 2 is 0.571 bits per heavy atom. The Labute approximate surface area is 385 Å². The Hall–Kier alpha value is -4.45. The monoisotopic (exact) mass is 869 g/mol. The number of unbranched alkanes of at least 4 members (excludes halogenated alkanes) is 17. The van der Waals surface area contributed by atoms with Crippen LogP contribution in [0.25, 0.3) is 0 Å². The summed E-state index contributed by atoms with van der Waals surface area (Å²) in [6.45, 7) is 6.15. The smallest absolute Gasteiger partial charge is 0.306 e. The van der Waals surface area contributed by atoms with Gasteiger partial charge < -0.3 is 14.2 Å². The number of carbonyl (C=O) groups excluding carboxylic acids is 3. The highest BCUT2D eigenvalue weighted by atomic mass is 16.6. The second-order valence-corrected chi connectivity index (χ2v) is 15.8. The standard InChI is InChI=1S/C57H88O6/c1-4-7-10-13-16-19-22-25-28-31-34-37-40-43-46-49-55(58)61-52-54(63-57(60)51-48-45-42-39-36-33-30-27-24-21-18-15-12-9-6-3)53-62-56(59)50-47-44-41-38-35-32-29-26-23-20-17-14-11-8-5-2/h7-25,27-28,30,54H,4-6,26,29,31-53H2,1-3H3/b10-7-,11-8-,12-9-,16-13-,17-14-,18-15-,22-19-,23-20-,24-21-,28-25-,30-27-. The molecule has 1 unspecified atom stereocenters. The van der Waals surface area contributed by atoms with Gasteiger partial charge in [-0.3, -0.25) is 14.4 Å². The average molecular weight is 869 g/mol. The summed E-state index contributed by atoms with van der Waals surface area (Å²) in [4.78, 5) is 38.0. The average Bonchev–Trinajstić information content (AvgIpc) is 3.28. The molecule has 0 heterocycles. The molecule has 0 spiro atoms. The molecule has 0 aliphatic carbocycles. The molecule has 352 valence electrons. The van der Waals surface area contributed by atoms with E-state index < -0.39 is 6.10 Å². The van der Waals surface area contributed by atoms with Gasteiger partial charge in [0.15, 0.2) is 6.10 Å². The summed E-state index contributed by atoms with van der Waals surface area (Å²) in [7, 11) is 0. The lowest BCUT2D eigenvalue weighted by atomic mass is 10.1. The molecule has 0 aromatic heterocycles. The van der Waals surface area contributed by atoms with Gasteiger partial charge in [-0.25, -0.2) is 0 Å². The maximum absolute atomic E-state index is 12.8. The summed E-state index contributed by atoms with van der Waals surface area (Å²) in [6, 6.07) is 0. The van der Waals surface area contributed by atoms with Crippen LogP contribution in [-0.2, 0) is 28.6 Å². The molecule has 0 radical (unpaired) electrons. The van der Waals surface area contributed by atoms with E-state index in [1.54, 1.807) is 0 Å². The zero-order valence-electron chi connectivity index (χ0n) is 40.0. The molecule has 0 aliphatic rings. The van der Waals surface area contributed by atoms with Crippen molar-refractivity contribution in [1.82, 2.24) is 0 Å². The van der Waals surface area contributed by atoms with E-state index in [4.69, 9.17) is 14.2 Å². The van der Waals surface area contributed by atoms with Crippen molar-refractivity contribution in [3.8, 4) is 0 Å². The van der Waals surface area contributed by atoms with Crippen LogP contribution in [0, 0.1) is 0 Å². The Morgan fingerprint density at radius 1 is 0.317 bits per heavy atom. The number of ether oxygens (including phenoxy) is 3. The van der Waals surface area contributed by atoms with E-state index in [-0.39, 0.29) is 37.5 Å². The van der Waals surface area contributed by atoms with E-state index in [0.717, 1.165) is 122 Å². The van der Waals surface area contributed by atoms with E-state index in [9.17, 15) is 14.4 Å². The molecular formula is C57H88O6. The molecule has 0 aromatic rings. The van der Waals surface area contributed by atoms with Gasteiger partial charge in [0.1, 0.15) is 13.2 Å². The highest BCUT2D eigenvalue weighted by Crippen LogP contribution is 2.13. The molecule has 0 fully saturated rings. The van der Waals surface area contributed by atoms with Gasteiger partial charge in [-0.2, -0.15) is 0 Å². The van der Waals surface area contributed by atoms with E-state index in [1.165, 1.54) is 25.7 Å². The minimum absolute atomic E-state index is 0.107. The minimum Gasteiger partial charge on any atom is -0.462 e. The van der Waals surface area contributed by atoms with Crippen molar-refractivity contribution >= 4 is 17.9 Å². The van der Waals surface area contributed by atoms with Gasteiger partial charge in [0, 0.05) is 19.3 Å². The first-order valence-corrected chi connectivity index (χ1v) is 24.8. The molecule has 0 bridgehead atoms. The highest BCUT2D eigenvalue weighted by molar-refractivity contribution is 5.71. The third kappa shape index (κ3) is 48.4. The van der Waals surface area contributed by atoms with Crippen LogP contribution in [0.1, 0.15) is 188 Å². The van der Waals surface area contributed by atoms with Crippen molar-refractivity contribution in [1.29, 1.82) is 0 Å². The lowest BCUT2D eigenvalue weighted by molar-refractivity contribution is -0.167. The molecule has 1 atom stereocenters. The molecule has 63 heavy (non-hydrogen) atoms. The van der Waals surface area contributed by atoms with Gasteiger partial charge in [-0.1, -0.05) is 225 Å². The zero-order chi connectivity index (χ0) is 45.8. The summed E-state index contributed by atoms with van der Waals surface area (Å²) in [5.74, 6) is -0.977. The molecule has 0 saturated carbocycles. The molecule has 0 amide bonds. The van der Waals surface area contributed by atoms with Gasteiger partial charge in [0.05, 0.1) is 0 Å². The summed E-state index contributed by atoms with van der Waals surface area (Å²) in [5.41, 5.74) is 0. The van der Waals surface area contributed by atoms with Gasteiger partial charge in [-0.15, -0.1) is 0 Å². The van der Waals surface area contributed by atoms with Crippen LogP contribution in [0.15, 0.2) is 134 Å². The fraction of sp³-hybridized carbons (Fsp3) is 0.561. The van der Waals surface area contributed by atoms with Crippen molar-refractivity contribution in [2.24, 2.45) is 0 Å². The third-order valence-corrected chi connectivity index (χ3v) is 9.88. The first-order valence-electron chi connectivity index (χ1n) is 24.8. The van der Waals surface area contributed by atoms with E-state index in [0.29, 0.717) is 12.8 Å². The summed E-state index contributed by atoms with van der Waals surface area (Å²) in [6.07, 6.45) is 69.9. The van der Waals surface area contributed by atoms with Crippen LogP contribution in [0.4, 0.5) is 0 Å². The van der Waals surface area contributed by atoms with E-state index >= 15 is 0 Å². The van der Waals surface area contributed by atoms with Crippen LogP contribution < -0.4 is 0 Å². The summed E-state index contributed by atoms with van der Waals surface area (Å²) < 4.78 is 16.7. The number of hydrogen-bond acceptors (Lipinski definition) is 6. The fourth-order valence-electron chi connectivity index (χ4n) is 6.23. The number of rotatable bonds is 42. The third-order valence-electron chi connectivity index (χ3n) is 9.88. The SMILES string of the molecule is CC\C=C/C=C\C=C/C=C\CCCCCCCC(=O)OCC(COC(=O)CCCCCCCCC\C=C/C=C\C=C/CC)OC(=O)CCCCCCC\C=C/C=C\C=C/C=C\CC. The van der Waals surface area contributed by atoms with Gasteiger partial charge in [0.2, 0.25) is 0 Å². The predicted octanol–water partition coefficient (Wildman–Crippen LogP) is 16.3. The summed E-state index contributed by atoms with van der Waals surface area (Å²) in [5, 5.41) is 0. The normalized spacial score (nSPS) is 13.3. The molecule has 0 saturated heterocycles. The highest BCUT2D eigenvalue weighted by Gasteiger charge is 2.19. The Kier molecular flexibility index (Phi) is 46.7. The van der Waals surface area contributed by atoms with Crippen molar-refractivity contribution in [3.63, 3.8) is 0 Å². The summed E-state index contributed by atoms with van der Waals surface area (Å²) >= 11 is 0.